The molecule has 0 bridgehead atoms. The molecule has 0 aromatic heterocycles. The molecule has 0 saturated carbocycles. The van der Waals surface area contributed by atoms with E-state index < -0.39 is 46.1 Å². The highest BCUT2D eigenvalue weighted by molar-refractivity contribution is 7.89. The predicted octanol–water partition coefficient (Wildman–Crippen LogP) is 1.75. The fourth-order valence-corrected chi connectivity index (χ4v) is 7.88. The van der Waals surface area contributed by atoms with Gasteiger partial charge in [-0.05, 0) is 48.8 Å². The van der Waals surface area contributed by atoms with Gasteiger partial charge in [0.05, 0.1) is 42.7 Å². The molecule has 0 aliphatic carbocycles. The van der Waals surface area contributed by atoms with Crippen molar-refractivity contribution in [3.05, 3.63) is 54.1 Å². The Morgan fingerprint density at radius 1 is 1.12 bits per heavy atom. The van der Waals surface area contributed by atoms with Crippen LogP contribution in [0.1, 0.15) is 38.7 Å². The third-order valence-corrected chi connectivity index (χ3v) is 10.6. The van der Waals surface area contributed by atoms with Gasteiger partial charge in [0.15, 0.2) is 17.8 Å². The Kier molecular flexibility index (Phi) is 11.8. The number of alkyl carbamates (subject to hydrolysis) is 1. The third kappa shape index (κ3) is 9.15. The maximum Gasteiger partial charge on any atom is 0.407 e. The van der Waals surface area contributed by atoms with Crippen LogP contribution in [0, 0.1) is 11.3 Å². The van der Waals surface area contributed by atoms with Crippen molar-refractivity contribution in [1.29, 1.82) is 0 Å². The van der Waals surface area contributed by atoms with Gasteiger partial charge in [0.1, 0.15) is 6.10 Å². The summed E-state index contributed by atoms with van der Waals surface area (Å²) in [6, 6.07) is 12.8. The molecule has 2 fully saturated rings. The van der Waals surface area contributed by atoms with Crippen LogP contribution < -0.4 is 25.8 Å². The van der Waals surface area contributed by atoms with Crippen molar-refractivity contribution >= 4 is 22.0 Å². The minimum absolute atomic E-state index is 0.0146. The molecule has 2 saturated heterocycles. The van der Waals surface area contributed by atoms with Gasteiger partial charge in [-0.2, -0.15) is 4.31 Å². The number of sulfonamides is 1. The molecule has 0 unspecified atom stereocenters. The summed E-state index contributed by atoms with van der Waals surface area (Å²) in [5, 5.41) is 17.3. The number of aliphatic hydroxyl groups is 1. The Hall–Kier alpha value is -3.47. The highest BCUT2D eigenvalue weighted by Crippen LogP contribution is 2.36. The monoisotopic (exact) mass is 690 g/mol. The number of fused-ring (bicyclic) bond motifs is 2. The molecule has 3 aliphatic heterocycles. The summed E-state index contributed by atoms with van der Waals surface area (Å²) in [5.74, 6) is 0.412. The number of rotatable bonds is 16. The van der Waals surface area contributed by atoms with E-state index in [1.807, 2.05) is 44.2 Å². The summed E-state index contributed by atoms with van der Waals surface area (Å²) in [6.45, 7) is 4.56. The summed E-state index contributed by atoms with van der Waals surface area (Å²) >= 11 is 0. The largest absolute Gasteiger partial charge is 0.454 e. The van der Waals surface area contributed by atoms with Gasteiger partial charge in [0.2, 0.25) is 22.7 Å². The number of hydrogen-bond acceptors (Lipinski definition) is 11. The molecular formula is C33H46N4O10S. The number of nitrogens with zero attached hydrogens (tertiary/aromatic N) is 1. The minimum Gasteiger partial charge on any atom is -0.454 e. The van der Waals surface area contributed by atoms with Gasteiger partial charge in [-0.3, -0.25) is 4.79 Å². The summed E-state index contributed by atoms with van der Waals surface area (Å²) in [6.07, 6.45) is -0.884. The molecule has 5 atom stereocenters. The first-order valence-electron chi connectivity index (χ1n) is 16.2. The molecule has 3 aliphatic rings. The topological polar surface area (TPSA) is 188 Å². The number of aliphatic hydroxyl groups excluding tert-OH is 1. The molecule has 5 rings (SSSR count). The van der Waals surface area contributed by atoms with Crippen molar-refractivity contribution in [2.45, 2.75) is 69.0 Å². The average molecular weight is 691 g/mol. The van der Waals surface area contributed by atoms with E-state index in [2.05, 4.69) is 10.6 Å². The van der Waals surface area contributed by atoms with Crippen molar-refractivity contribution < 1.29 is 46.8 Å². The Morgan fingerprint density at radius 3 is 2.67 bits per heavy atom. The maximum atomic E-state index is 14.3. The molecular weight excluding hydrogens is 644 g/mol. The van der Waals surface area contributed by atoms with Crippen molar-refractivity contribution in [2.75, 3.05) is 46.2 Å². The van der Waals surface area contributed by atoms with Crippen LogP contribution in [0.3, 0.4) is 0 Å². The van der Waals surface area contributed by atoms with Crippen LogP contribution in [0.25, 0.3) is 0 Å². The van der Waals surface area contributed by atoms with Gasteiger partial charge in [0.25, 0.3) is 0 Å². The second-order valence-electron chi connectivity index (χ2n) is 13.1. The van der Waals surface area contributed by atoms with E-state index in [-0.39, 0.29) is 56.2 Å². The highest BCUT2D eigenvalue weighted by Gasteiger charge is 2.44. The quantitative estimate of drug-likeness (QED) is 0.188. The van der Waals surface area contributed by atoms with Crippen LogP contribution in [-0.4, -0.2) is 101 Å². The first kappa shape index (κ1) is 35.8. The Labute approximate surface area is 281 Å². The molecule has 0 spiro atoms. The van der Waals surface area contributed by atoms with E-state index >= 15 is 0 Å². The van der Waals surface area contributed by atoms with Gasteiger partial charge in [-0.25, -0.2) is 13.2 Å². The molecule has 15 heteroatoms. The lowest BCUT2D eigenvalue weighted by atomic mass is 9.87. The van der Waals surface area contributed by atoms with Crippen LogP contribution in [-0.2, 0) is 35.4 Å². The van der Waals surface area contributed by atoms with E-state index in [4.69, 9.17) is 29.4 Å². The second-order valence-corrected chi connectivity index (χ2v) is 15.0. The van der Waals surface area contributed by atoms with Crippen LogP contribution in [0.5, 0.6) is 11.5 Å². The molecule has 48 heavy (non-hydrogen) atoms. The predicted molar refractivity (Wildman–Crippen MR) is 174 cm³/mol. The lowest BCUT2D eigenvalue weighted by molar-refractivity contribution is -0.119. The first-order valence-corrected chi connectivity index (χ1v) is 17.7. The highest BCUT2D eigenvalue weighted by atomic mass is 32.2. The first-order chi connectivity index (χ1) is 22.9. The zero-order valence-corrected chi connectivity index (χ0v) is 28.2. The number of carbonyl (C=O) groups excluding carboxylic acids is 2. The second kappa shape index (κ2) is 15.8. The number of ether oxygens (including phenoxy) is 5. The standard InChI is InChI=1S/C33H46N4O10S/c1-33(2,12-6-13-35-30(39)17-34)20-37(48(41,42)23-9-10-27-28(16-23)46-21-45-27)18-26(38)25(15-22-7-4-3-5-8-22)36-32(40)47-29-19-44-31-24(29)11-14-43-31/h3-5,7-10,16,24-26,29,31,38H,6,11-15,17-21,34H2,1-2H3,(H,35,39)(H,36,40)/t24-,25-,26+,29-,31+/m0/s1. The zero-order chi connectivity index (χ0) is 34.3. The summed E-state index contributed by atoms with van der Waals surface area (Å²) in [7, 11) is -4.19. The summed E-state index contributed by atoms with van der Waals surface area (Å²) in [4.78, 5) is 24.8. The number of amides is 2. The number of hydrogen-bond donors (Lipinski definition) is 4. The molecule has 0 radical (unpaired) electrons. The Morgan fingerprint density at radius 2 is 1.90 bits per heavy atom. The lowest BCUT2D eigenvalue weighted by Crippen LogP contribution is -2.52. The molecule has 264 valence electrons. The molecule has 2 aromatic rings. The smallest absolute Gasteiger partial charge is 0.407 e. The van der Waals surface area contributed by atoms with Gasteiger partial charge in [0, 0.05) is 25.7 Å². The van der Waals surface area contributed by atoms with Crippen LogP contribution in [0.4, 0.5) is 4.79 Å². The van der Waals surface area contributed by atoms with Gasteiger partial charge in [-0.1, -0.05) is 44.2 Å². The van der Waals surface area contributed by atoms with Gasteiger partial charge >= 0.3 is 6.09 Å². The number of carbonyl (C=O) groups is 2. The van der Waals surface area contributed by atoms with Crippen molar-refractivity contribution in [2.24, 2.45) is 17.1 Å². The lowest BCUT2D eigenvalue weighted by Gasteiger charge is -2.35. The summed E-state index contributed by atoms with van der Waals surface area (Å²) in [5.41, 5.74) is 5.65. The van der Waals surface area contributed by atoms with Gasteiger partial charge in [-0.15, -0.1) is 0 Å². The van der Waals surface area contributed by atoms with E-state index in [0.29, 0.717) is 43.9 Å². The Balaban J connectivity index is 1.35. The fourth-order valence-electron chi connectivity index (χ4n) is 6.21. The molecule has 2 aromatic carbocycles. The number of nitrogens with two attached hydrogens (primary N) is 1. The van der Waals surface area contributed by atoms with Crippen molar-refractivity contribution in [3.8, 4) is 11.5 Å². The van der Waals surface area contributed by atoms with E-state index in [1.54, 1.807) is 0 Å². The van der Waals surface area contributed by atoms with Crippen molar-refractivity contribution in [1.82, 2.24) is 14.9 Å². The molecule has 2 amide bonds. The molecule has 3 heterocycles. The maximum absolute atomic E-state index is 14.3. The normalized spacial score (nSPS) is 21.5. The van der Waals surface area contributed by atoms with Gasteiger partial charge < -0.3 is 45.2 Å². The summed E-state index contributed by atoms with van der Waals surface area (Å²) < 4.78 is 57.4. The SMILES string of the molecule is CC(C)(CCCNC(=O)CN)CN(C[C@@H](O)[C@H](Cc1ccccc1)NC(=O)O[C@H]1CO[C@H]2OCC[C@H]21)S(=O)(=O)c1ccc2c(c1)OCO2. The van der Waals surface area contributed by atoms with E-state index in [9.17, 15) is 23.1 Å². The molecule has 5 N–H and O–H groups in total. The minimum atomic E-state index is -4.19. The zero-order valence-electron chi connectivity index (χ0n) is 27.3. The number of nitrogens with one attached hydrogen (secondary N) is 2. The van der Waals surface area contributed by atoms with Crippen molar-refractivity contribution in [3.63, 3.8) is 0 Å². The van der Waals surface area contributed by atoms with Crippen LogP contribution >= 0.6 is 0 Å². The Bertz CT molecular complexity index is 1510. The van der Waals surface area contributed by atoms with Crippen LogP contribution in [0.15, 0.2) is 53.4 Å². The van der Waals surface area contributed by atoms with E-state index in [0.717, 1.165) is 5.56 Å². The fraction of sp³-hybridized carbons (Fsp3) is 0.576. The number of benzene rings is 2. The van der Waals surface area contributed by atoms with Crippen LogP contribution in [0.2, 0.25) is 0 Å². The van der Waals surface area contributed by atoms with E-state index in [1.165, 1.54) is 22.5 Å². The average Bonchev–Trinajstić information content (AvgIpc) is 3.81. The third-order valence-electron chi connectivity index (χ3n) is 8.82. The molecule has 14 nitrogen and oxygen atoms in total.